The van der Waals surface area contributed by atoms with Gasteiger partial charge in [0.1, 0.15) is 5.76 Å². The Labute approximate surface area is 142 Å². The van der Waals surface area contributed by atoms with Crippen molar-refractivity contribution in [1.29, 1.82) is 0 Å². The highest BCUT2D eigenvalue weighted by atomic mass is 35.5. The number of amides is 1. The van der Waals surface area contributed by atoms with Gasteiger partial charge in [-0.25, -0.2) is 0 Å². The zero-order chi connectivity index (χ0) is 15.4. The summed E-state index contributed by atoms with van der Waals surface area (Å²) in [5.74, 6) is 2.94. The molecule has 1 atom stereocenters. The van der Waals surface area contributed by atoms with Crippen molar-refractivity contribution in [2.45, 2.75) is 45.4 Å². The molecule has 22 heavy (non-hydrogen) atoms. The Morgan fingerprint density at radius 3 is 2.59 bits per heavy atom. The Kier molecular flexibility index (Phi) is 7.72. The first-order valence-electron chi connectivity index (χ1n) is 7.52. The van der Waals surface area contributed by atoms with E-state index >= 15 is 0 Å². The van der Waals surface area contributed by atoms with Gasteiger partial charge >= 0.3 is 0 Å². The first kappa shape index (κ1) is 19.3. The highest BCUT2D eigenvalue weighted by Crippen LogP contribution is 2.22. The minimum absolute atomic E-state index is 0. The molecular weight excluding hydrogens is 322 g/mol. The first-order valence-corrected chi connectivity index (χ1v) is 8.67. The number of rotatable bonds is 5. The van der Waals surface area contributed by atoms with Crippen molar-refractivity contribution in [3.8, 4) is 0 Å². The number of carbonyl (C=O) groups excluding carboxylic acids is 1. The van der Waals surface area contributed by atoms with E-state index in [1.165, 1.54) is 0 Å². The fourth-order valence-electron chi connectivity index (χ4n) is 2.71. The molecule has 1 aromatic rings. The molecule has 1 fully saturated rings. The molecule has 1 amide bonds. The van der Waals surface area contributed by atoms with Crippen LogP contribution in [-0.4, -0.2) is 40.8 Å². The summed E-state index contributed by atoms with van der Waals surface area (Å²) in [6, 6.07) is 0.233. The lowest BCUT2D eigenvalue weighted by molar-refractivity contribution is -0.129. The van der Waals surface area contributed by atoms with E-state index in [0.717, 1.165) is 48.7 Å². The second kappa shape index (κ2) is 8.79. The van der Waals surface area contributed by atoms with Crippen LogP contribution in [0, 0.1) is 19.8 Å². The molecule has 0 aromatic carbocycles. The van der Waals surface area contributed by atoms with Gasteiger partial charge < -0.3 is 15.2 Å². The number of nitrogens with zero attached hydrogens (tertiary/aromatic N) is 2. The Hall–Kier alpha value is -0.720. The van der Waals surface area contributed by atoms with Gasteiger partial charge in [0.25, 0.3) is 0 Å². The number of likely N-dealkylation sites (tertiary alicyclic amines) is 1. The monoisotopic (exact) mass is 347 g/mol. The van der Waals surface area contributed by atoms with Crippen molar-refractivity contribution >= 4 is 30.1 Å². The van der Waals surface area contributed by atoms with Crippen LogP contribution in [0.15, 0.2) is 4.52 Å². The number of hydrogen-bond acceptors (Lipinski definition) is 5. The molecule has 7 heteroatoms. The third-order valence-electron chi connectivity index (χ3n) is 4.29. The maximum absolute atomic E-state index is 12.2. The maximum atomic E-state index is 12.2. The summed E-state index contributed by atoms with van der Waals surface area (Å²) in [5, 5.41) is 3.93. The van der Waals surface area contributed by atoms with Crippen molar-refractivity contribution in [3.05, 3.63) is 17.0 Å². The van der Waals surface area contributed by atoms with E-state index in [1.807, 2.05) is 18.7 Å². The van der Waals surface area contributed by atoms with Gasteiger partial charge in [0.05, 0.1) is 11.4 Å². The number of halogens is 1. The zero-order valence-corrected chi connectivity index (χ0v) is 15.1. The second-order valence-corrected chi connectivity index (χ2v) is 6.86. The summed E-state index contributed by atoms with van der Waals surface area (Å²) < 4.78 is 5.13. The molecule has 0 saturated carbocycles. The molecule has 126 valence electrons. The lowest BCUT2D eigenvalue weighted by atomic mass is 9.91. The lowest BCUT2D eigenvalue weighted by Crippen LogP contribution is -2.43. The number of thioether (sulfide) groups is 1. The molecule has 0 aliphatic carbocycles. The number of nitrogens with two attached hydrogens (primary N) is 1. The highest BCUT2D eigenvalue weighted by Gasteiger charge is 2.24. The van der Waals surface area contributed by atoms with Gasteiger partial charge in [-0.2, -0.15) is 0 Å². The van der Waals surface area contributed by atoms with Crippen molar-refractivity contribution < 1.29 is 9.32 Å². The normalized spacial score (nSPS) is 17.2. The molecule has 1 aliphatic heterocycles. The standard InChI is InChI=1S/C15H25N3O2S.ClH/c1-10(16)13-4-6-18(7-5-13)15(19)9-21-8-14-11(2)17-20-12(14)3;/h10,13H,4-9,16H2,1-3H3;1H. The van der Waals surface area contributed by atoms with Crippen molar-refractivity contribution in [3.63, 3.8) is 0 Å². The summed E-state index contributed by atoms with van der Waals surface area (Å²) in [6.07, 6.45) is 2.05. The lowest BCUT2D eigenvalue weighted by Gasteiger charge is -2.33. The van der Waals surface area contributed by atoms with Gasteiger partial charge in [-0.1, -0.05) is 5.16 Å². The van der Waals surface area contributed by atoms with Crippen LogP contribution >= 0.6 is 24.2 Å². The Morgan fingerprint density at radius 1 is 1.45 bits per heavy atom. The number of carbonyl (C=O) groups is 1. The minimum Gasteiger partial charge on any atom is -0.361 e. The predicted octanol–water partition coefficient (Wildman–Crippen LogP) is 2.53. The molecular formula is C15H26ClN3O2S. The third kappa shape index (κ3) is 4.89. The Morgan fingerprint density at radius 2 is 2.09 bits per heavy atom. The fourth-order valence-corrected chi connectivity index (χ4v) is 3.79. The summed E-state index contributed by atoms with van der Waals surface area (Å²) in [7, 11) is 0. The van der Waals surface area contributed by atoms with Crippen molar-refractivity contribution in [2.24, 2.45) is 11.7 Å². The van der Waals surface area contributed by atoms with Gasteiger partial charge in [0.2, 0.25) is 5.91 Å². The van der Waals surface area contributed by atoms with Gasteiger partial charge in [-0.15, -0.1) is 24.2 Å². The second-order valence-electron chi connectivity index (χ2n) is 5.87. The molecule has 1 saturated heterocycles. The van der Waals surface area contributed by atoms with Crippen LogP contribution in [0.2, 0.25) is 0 Å². The average molecular weight is 348 g/mol. The predicted molar refractivity (Wildman–Crippen MR) is 92.3 cm³/mol. The van der Waals surface area contributed by atoms with Crippen LogP contribution in [0.3, 0.4) is 0 Å². The van der Waals surface area contributed by atoms with Crippen molar-refractivity contribution in [1.82, 2.24) is 10.1 Å². The molecule has 1 aliphatic rings. The largest absolute Gasteiger partial charge is 0.361 e. The van der Waals surface area contributed by atoms with Crippen molar-refractivity contribution in [2.75, 3.05) is 18.8 Å². The highest BCUT2D eigenvalue weighted by molar-refractivity contribution is 7.99. The Bertz CT molecular complexity index is 466. The van der Waals surface area contributed by atoms with Crippen LogP contribution in [0.4, 0.5) is 0 Å². The smallest absolute Gasteiger partial charge is 0.232 e. The Balaban J connectivity index is 0.00000242. The molecule has 1 unspecified atom stereocenters. The van der Waals surface area contributed by atoms with E-state index < -0.39 is 0 Å². The zero-order valence-electron chi connectivity index (χ0n) is 13.5. The number of hydrogen-bond donors (Lipinski definition) is 1. The minimum atomic E-state index is 0. The summed E-state index contributed by atoms with van der Waals surface area (Å²) in [5.41, 5.74) is 7.96. The van der Waals surface area contributed by atoms with E-state index in [4.69, 9.17) is 10.3 Å². The topological polar surface area (TPSA) is 72.4 Å². The van der Waals surface area contributed by atoms with Gasteiger partial charge in [-0.3, -0.25) is 4.79 Å². The van der Waals surface area contributed by atoms with Crippen LogP contribution in [0.5, 0.6) is 0 Å². The molecule has 0 radical (unpaired) electrons. The van der Waals surface area contributed by atoms with Crippen LogP contribution in [0.1, 0.15) is 36.8 Å². The van der Waals surface area contributed by atoms with Gasteiger partial charge in [-0.05, 0) is 39.5 Å². The van der Waals surface area contributed by atoms with E-state index in [2.05, 4.69) is 12.1 Å². The molecule has 5 nitrogen and oxygen atoms in total. The maximum Gasteiger partial charge on any atom is 0.232 e. The fraction of sp³-hybridized carbons (Fsp3) is 0.733. The van der Waals surface area contributed by atoms with E-state index in [0.29, 0.717) is 11.7 Å². The molecule has 2 N–H and O–H groups in total. The molecule has 2 rings (SSSR count). The van der Waals surface area contributed by atoms with E-state index in [-0.39, 0.29) is 24.4 Å². The van der Waals surface area contributed by atoms with E-state index in [9.17, 15) is 4.79 Å². The van der Waals surface area contributed by atoms with Gasteiger partial charge in [0.15, 0.2) is 0 Å². The third-order valence-corrected chi connectivity index (χ3v) is 5.23. The SMILES string of the molecule is Cc1noc(C)c1CSCC(=O)N1CCC(C(C)N)CC1.Cl. The summed E-state index contributed by atoms with van der Waals surface area (Å²) >= 11 is 1.63. The number of aryl methyl sites for hydroxylation is 2. The molecule has 0 spiro atoms. The average Bonchev–Trinajstić information content (AvgIpc) is 2.79. The quantitative estimate of drug-likeness (QED) is 0.886. The number of piperidine rings is 1. The van der Waals surface area contributed by atoms with Gasteiger partial charge in [0, 0.05) is 30.4 Å². The molecule has 2 heterocycles. The molecule has 0 bridgehead atoms. The summed E-state index contributed by atoms with van der Waals surface area (Å²) in [6.45, 7) is 7.60. The molecule has 1 aromatic heterocycles. The van der Waals surface area contributed by atoms with Crippen LogP contribution < -0.4 is 5.73 Å². The van der Waals surface area contributed by atoms with E-state index in [1.54, 1.807) is 11.8 Å². The number of aromatic nitrogens is 1. The van der Waals surface area contributed by atoms with Crippen LogP contribution in [-0.2, 0) is 10.5 Å². The van der Waals surface area contributed by atoms with Crippen LogP contribution in [0.25, 0.3) is 0 Å². The first-order chi connectivity index (χ1) is 9.99. The summed E-state index contributed by atoms with van der Waals surface area (Å²) in [4.78, 5) is 14.2.